The molecule has 1 aliphatic carbocycles. The molecule has 0 bridgehead atoms. The first kappa shape index (κ1) is 22.1. The Bertz CT molecular complexity index is 99.3. The third-order valence-corrected chi connectivity index (χ3v) is 3.10. The summed E-state index contributed by atoms with van der Waals surface area (Å²) in [5, 5.41) is 3.28. The average molecular weight is 249 g/mol. The summed E-state index contributed by atoms with van der Waals surface area (Å²) in [4.78, 5) is 0. The van der Waals surface area contributed by atoms with Crippen molar-refractivity contribution in [2.75, 3.05) is 13.1 Å². The molecule has 0 amide bonds. The van der Waals surface area contributed by atoms with Crippen molar-refractivity contribution < 1.29 is 11.0 Å². The number of nitrogens with one attached hydrogen (secondary N) is 1. The molecule has 2 rings (SSSR count). The van der Waals surface area contributed by atoms with Gasteiger partial charge in [0.15, 0.2) is 0 Å². The summed E-state index contributed by atoms with van der Waals surface area (Å²) in [6.45, 7) is 8.86. The van der Waals surface area contributed by atoms with Crippen LogP contribution in [0.1, 0.15) is 72.1 Å². The fourth-order valence-corrected chi connectivity index (χ4v) is 2.11. The van der Waals surface area contributed by atoms with Crippen molar-refractivity contribution in [2.24, 2.45) is 5.92 Å². The van der Waals surface area contributed by atoms with E-state index in [9.17, 15) is 0 Å². The van der Waals surface area contributed by atoms with E-state index in [1.54, 1.807) is 0 Å². The molecule has 3 nitrogen and oxygen atoms in total. The van der Waals surface area contributed by atoms with Crippen molar-refractivity contribution in [3.05, 3.63) is 0 Å². The number of rotatable bonds is 0. The maximum Gasteiger partial charge on any atom is -0.00489 e. The molecule has 2 fully saturated rings. The van der Waals surface area contributed by atoms with Crippen LogP contribution < -0.4 is 5.32 Å². The highest BCUT2D eigenvalue weighted by Crippen LogP contribution is 2.22. The van der Waals surface area contributed by atoms with Gasteiger partial charge in [-0.15, -0.1) is 0 Å². The summed E-state index contributed by atoms with van der Waals surface area (Å²) in [5.41, 5.74) is 0. The molecule has 0 aromatic carbocycles. The Hall–Kier alpha value is -0.120. The molecule has 0 radical (unpaired) electrons. The molecule has 17 heavy (non-hydrogen) atoms. The average Bonchev–Trinajstić information content (AvgIpc) is 2.36. The monoisotopic (exact) mass is 249 g/mol. The first-order valence-electron chi connectivity index (χ1n) is 7.10. The van der Waals surface area contributed by atoms with Crippen LogP contribution in [0.3, 0.4) is 0 Å². The van der Waals surface area contributed by atoms with E-state index in [4.69, 9.17) is 0 Å². The van der Waals surface area contributed by atoms with E-state index in [1.807, 2.05) is 13.8 Å². The van der Waals surface area contributed by atoms with Crippen LogP contribution in [-0.2, 0) is 0 Å². The lowest BCUT2D eigenvalue weighted by Crippen LogP contribution is -2.21. The number of piperidine rings is 1. The van der Waals surface area contributed by atoms with E-state index in [-0.39, 0.29) is 11.0 Å². The van der Waals surface area contributed by atoms with Crippen molar-refractivity contribution in [3.8, 4) is 0 Å². The first-order valence-corrected chi connectivity index (χ1v) is 7.10. The molecule has 5 N–H and O–H groups in total. The Morgan fingerprint density at radius 1 is 0.706 bits per heavy atom. The number of hydrogen-bond donors (Lipinski definition) is 1. The SMILES string of the molecule is C1CCNCC1.CC.CC1CCCCC1.O.O. The predicted molar refractivity (Wildman–Crippen MR) is 77.5 cm³/mol. The summed E-state index contributed by atoms with van der Waals surface area (Å²) in [6.07, 6.45) is 11.7. The van der Waals surface area contributed by atoms with E-state index < -0.39 is 0 Å². The highest BCUT2D eigenvalue weighted by Gasteiger charge is 2.05. The van der Waals surface area contributed by atoms with Gasteiger partial charge in [-0.1, -0.05) is 59.3 Å². The van der Waals surface area contributed by atoms with Gasteiger partial charge in [0.1, 0.15) is 0 Å². The minimum atomic E-state index is 0. The van der Waals surface area contributed by atoms with Crippen LogP contribution in [0.2, 0.25) is 0 Å². The zero-order valence-corrected chi connectivity index (χ0v) is 12.1. The number of hydrogen-bond acceptors (Lipinski definition) is 1. The third kappa shape index (κ3) is 15.9. The minimum Gasteiger partial charge on any atom is -0.412 e. The molecule has 1 aliphatic heterocycles. The topological polar surface area (TPSA) is 75.0 Å². The summed E-state index contributed by atoms with van der Waals surface area (Å²) in [6, 6.07) is 0. The molecule has 1 saturated heterocycles. The van der Waals surface area contributed by atoms with Crippen molar-refractivity contribution >= 4 is 0 Å². The minimum absolute atomic E-state index is 0. The molecule has 3 heteroatoms. The lowest BCUT2D eigenvalue weighted by molar-refractivity contribution is 0.385. The van der Waals surface area contributed by atoms with Crippen LogP contribution in [0.25, 0.3) is 0 Å². The third-order valence-electron chi connectivity index (χ3n) is 3.10. The van der Waals surface area contributed by atoms with Gasteiger partial charge < -0.3 is 16.3 Å². The maximum atomic E-state index is 3.28. The second-order valence-electron chi connectivity index (χ2n) is 4.55. The Kier molecular flexibility index (Phi) is 23.7. The Balaban J connectivity index is -0.000000184. The lowest BCUT2D eigenvalue weighted by atomic mass is 9.91. The molecule has 108 valence electrons. The van der Waals surface area contributed by atoms with Gasteiger partial charge in [-0.25, -0.2) is 0 Å². The van der Waals surface area contributed by atoms with E-state index in [0.29, 0.717) is 0 Å². The molecule has 0 spiro atoms. The Morgan fingerprint density at radius 3 is 1.29 bits per heavy atom. The maximum absolute atomic E-state index is 3.28. The van der Waals surface area contributed by atoms with E-state index in [2.05, 4.69) is 12.2 Å². The van der Waals surface area contributed by atoms with E-state index in [1.165, 1.54) is 64.5 Å². The molecule has 1 heterocycles. The molecule has 1 saturated carbocycles. The summed E-state index contributed by atoms with van der Waals surface area (Å²) in [5.74, 6) is 1.04. The molecular weight excluding hydrogens is 214 g/mol. The molecule has 0 atom stereocenters. The molecule has 2 aliphatic rings. The fraction of sp³-hybridized carbons (Fsp3) is 1.00. The fourth-order valence-electron chi connectivity index (χ4n) is 2.11. The second kappa shape index (κ2) is 18.3. The second-order valence-corrected chi connectivity index (χ2v) is 4.55. The van der Waals surface area contributed by atoms with Gasteiger partial charge in [0.2, 0.25) is 0 Å². The molecular formula is C14H35NO2. The van der Waals surface area contributed by atoms with Gasteiger partial charge in [-0.2, -0.15) is 0 Å². The van der Waals surface area contributed by atoms with Crippen LogP contribution in [0, 0.1) is 5.92 Å². The normalized spacial score (nSPS) is 19.2. The summed E-state index contributed by atoms with van der Waals surface area (Å²) in [7, 11) is 0. The van der Waals surface area contributed by atoms with Crippen molar-refractivity contribution in [1.29, 1.82) is 0 Å². The predicted octanol–water partition coefficient (Wildman–Crippen LogP) is 2.72. The zero-order valence-electron chi connectivity index (χ0n) is 12.1. The van der Waals surface area contributed by atoms with Crippen molar-refractivity contribution in [1.82, 2.24) is 5.32 Å². The van der Waals surface area contributed by atoms with E-state index >= 15 is 0 Å². The Labute approximate surface area is 108 Å². The van der Waals surface area contributed by atoms with Gasteiger partial charge in [0, 0.05) is 0 Å². The molecule has 0 aromatic rings. The standard InChI is InChI=1S/C7H14.C5H11N.C2H6.2H2O/c1-7-5-3-2-4-6-7;1-2-4-6-5-3-1;1-2;;/h7H,2-6H2,1H3;6H,1-5H2;1-2H3;2*1H2. The Morgan fingerprint density at radius 2 is 1.12 bits per heavy atom. The summed E-state index contributed by atoms with van der Waals surface area (Å²) < 4.78 is 0. The highest BCUT2D eigenvalue weighted by molar-refractivity contribution is 4.59. The van der Waals surface area contributed by atoms with Gasteiger partial charge in [-0.3, -0.25) is 0 Å². The summed E-state index contributed by atoms with van der Waals surface area (Å²) >= 11 is 0. The van der Waals surface area contributed by atoms with Gasteiger partial charge in [-0.05, 0) is 31.8 Å². The lowest BCUT2D eigenvalue weighted by Gasteiger charge is -2.15. The molecule has 0 aromatic heterocycles. The smallest absolute Gasteiger partial charge is 0.00489 e. The van der Waals surface area contributed by atoms with Crippen LogP contribution in [0.4, 0.5) is 0 Å². The first-order chi connectivity index (χ1) is 7.39. The molecule has 0 unspecified atom stereocenters. The van der Waals surface area contributed by atoms with Gasteiger partial charge in [0.05, 0.1) is 0 Å². The van der Waals surface area contributed by atoms with Crippen LogP contribution in [0.15, 0.2) is 0 Å². The van der Waals surface area contributed by atoms with Crippen LogP contribution in [-0.4, -0.2) is 24.0 Å². The van der Waals surface area contributed by atoms with E-state index in [0.717, 1.165) is 5.92 Å². The highest BCUT2D eigenvalue weighted by atomic mass is 16.0. The zero-order chi connectivity index (χ0) is 11.4. The van der Waals surface area contributed by atoms with Gasteiger partial charge >= 0.3 is 0 Å². The largest absolute Gasteiger partial charge is 0.412 e. The van der Waals surface area contributed by atoms with Crippen molar-refractivity contribution in [3.63, 3.8) is 0 Å². The van der Waals surface area contributed by atoms with Crippen LogP contribution in [0.5, 0.6) is 0 Å². The quantitative estimate of drug-likeness (QED) is 0.704. The van der Waals surface area contributed by atoms with Crippen LogP contribution >= 0.6 is 0 Å². The van der Waals surface area contributed by atoms with Gasteiger partial charge in [0.25, 0.3) is 0 Å². The van der Waals surface area contributed by atoms with Crippen molar-refractivity contribution in [2.45, 2.75) is 72.1 Å².